The number of rotatable bonds is 1. The second kappa shape index (κ2) is 5.14. The summed E-state index contributed by atoms with van der Waals surface area (Å²) in [4.78, 5) is 11.3. The van der Waals surface area contributed by atoms with Crippen molar-refractivity contribution in [3.63, 3.8) is 0 Å². The smallest absolute Gasteiger partial charge is 0.311 e. The van der Waals surface area contributed by atoms with Gasteiger partial charge in [0.25, 0.3) is 0 Å². The molecule has 5 heteroatoms. The fourth-order valence-corrected chi connectivity index (χ4v) is 2.39. The maximum absolute atomic E-state index is 11.3. The average Bonchev–Trinajstić information content (AvgIpc) is 2.62. The molecule has 0 bridgehead atoms. The Kier molecular flexibility index (Phi) is 4.37. The first kappa shape index (κ1) is 12.7. The van der Waals surface area contributed by atoms with E-state index >= 15 is 0 Å². The van der Waals surface area contributed by atoms with E-state index in [-0.39, 0.29) is 29.9 Å². The highest BCUT2D eigenvalue weighted by Gasteiger charge is 2.43. The Labute approximate surface area is 96.1 Å². The van der Waals surface area contributed by atoms with Crippen LogP contribution in [0, 0.1) is 5.92 Å². The molecule has 2 rings (SSSR count). The lowest BCUT2D eigenvalue weighted by Gasteiger charge is -2.32. The van der Waals surface area contributed by atoms with Crippen LogP contribution in [0.5, 0.6) is 0 Å². The first-order valence-corrected chi connectivity index (χ1v) is 5.18. The van der Waals surface area contributed by atoms with Crippen LogP contribution in [-0.4, -0.2) is 38.4 Å². The Morgan fingerprint density at radius 3 is 2.73 bits per heavy atom. The van der Waals surface area contributed by atoms with E-state index in [1.807, 2.05) is 0 Å². The van der Waals surface area contributed by atoms with Crippen molar-refractivity contribution in [1.82, 2.24) is 5.32 Å². The summed E-state index contributed by atoms with van der Waals surface area (Å²) in [6.07, 6.45) is 2.86. The first-order chi connectivity index (χ1) is 6.76. The van der Waals surface area contributed by atoms with Crippen molar-refractivity contribution in [2.45, 2.75) is 24.9 Å². The van der Waals surface area contributed by atoms with Gasteiger partial charge in [0.2, 0.25) is 0 Å². The van der Waals surface area contributed by atoms with Crippen molar-refractivity contribution >= 4 is 18.4 Å². The van der Waals surface area contributed by atoms with Gasteiger partial charge in [-0.05, 0) is 32.4 Å². The van der Waals surface area contributed by atoms with E-state index in [1.165, 1.54) is 7.11 Å². The molecule has 1 N–H and O–H groups in total. The van der Waals surface area contributed by atoms with Crippen LogP contribution in [-0.2, 0) is 14.3 Å². The zero-order valence-corrected chi connectivity index (χ0v) is 9.77. The van der Waals surface area contributed by atoms with Crippen LogP contribution >= 0.6 is 12.4 Å². The molecular weight excluding hydrogens is 218 g/mol. The van der Waals surface area contributed by atoms with E-state index in [4.69, 9.17) is 9.47 Å². The lowest BCUT2D eigenvalue weighted by atomic mass is 9.86. The van der Waals surface area contributed by atoms with Crippen LogP contribution in [0.3, 0.4) is 0 Å². The number of methoxy groups -OCH3 is 1. The fourth-order valence-electron chi connectivity index (χ4n) is 2.39. The highest BCUT2D eigenvalue weighted by atomic mass is 35.5. The topological polar surface area (TPSA) is 47.6 Å². The number of halogens is 1. The summed E-state index contributed by atoms with van der Waals surface area (Å²) in [7, 11) is 1.44. The zero-order chi connectivity index (χ0) is 10.0. The van der Waals surface area contributed by atoms with Crippen molar-refractivity contribution in [3.05, 3.63) is 0 Å². The largest absolute Gasteiger partial charge is 0.469 e. The Bertz CT molecular complexity index is 229. The van der Waals surface area contributed by atoms with Gasteiger partial charge in [0.15, 0.2) is 0 Å². The molecule has 0 amide bonds. The maximum Gasteiger partial charge on any atom is 0.311 e. The van der Waals surface area contributed by atoms with E-state index in [0.717, 1.165) is 32.4 Å². The lowest BCUT2D eigenvalue weighted by molar-refractivity contribution is -0.145. The third kappa shape index (κ3) is 2.62. The van der Waals surface area contributed by atoms with Gasteiger partial charge in [-0.25, -0.2) is 0 Å². The van der Waals surface area contributed by atoms with Gasteiger partial charge in [0.05, 0.1) is 25.2 Å². The zero-order valence-electron chi connectivity index (χ0n) is 8.95. The van der Waals surface area contributed by atoms with E-state index in [1.54, 1.807) is 0 Å². The molecule has 15 heavy (non-hydrogen) atoms. The van der Waals surface area contributed by atoms with Crippen molar-refractivity contribution in [2.75, 3.05) is 26.8 Å². The number of hydrogen-bond donors (Lipinski definition) is 1. The minimum absolute atomic E-state index is 0. The molecule has 2 aliphatic rings. The molecule has 1 atom stereocenters. The Morgan fingerprint density at radius 1 is 1.47 bits per heavy atom. The minimum atomic E-state index is -0.125. The number of nitrogens with one attached hydrogen (secondary N) is 1. The summed E-state index contributed by atoms with van der Waals surface area (Å²) in [5.41, 5.74) is -0.0376. The molecule has 1 spiro atoms. The molecular formula is C10H18ClNO3. The molecule has 0 aliphatic carbocycles. The normalized spacial score (nSPS) is 28.5. The highest BCUT2D eigenvalue weighted by Crippen LogP contribution is 2.37. The molecule has 1 unspecified atom stereocenters. The molecule has 4 nitrogen and oxygen atoms in total. The molecule has 88 valence electrons. The number of piperidine rings is 1. The molecule has 2 saturated heterocycles. The van der Waals surface area contributed by atoms with Gasteiger partial charge in [-0.15, -0.1) is 12.4 Å². The van der Waals surface area contributed by atoms with Crippen LogP contribution in [0.1, 0.15) is 19.3 Å². The SMILES string of the molecule is COC(=O)C1COC2(CCNCC2)C1.Cl. The molecule has 0 radical (unpaired) electrons. The highest BCUT2D eigenvalue weighted by molar-refractivity contribution is 5.85. The standard InChI is InChI=1S/C10H17NO3.ClH/c1-13-9(12)8-6-10(14-7-8)2-4-11-5-3-10;/h8,11H,2-7H2,1H3;1H. The van der Waals surface area contributed by atoms with Gasteiger partial charge < -0.3 is 14.8 Å². The predicted octanol–water partition coefficient (Wildman–Crippen LogP) is 0.740. The van der Waals surface area contributed by atoms with Gasteiger partial charge in [0.1, 0.15) is 0 Å². The van der Waals surface area contributed by atoms with Gasteiger partial charge >= 0.3 is 5.97 Å². The van der Waals surface area contributed by atoms with Gasteiger partial charge in [-0.2, -0.15) is 0 Å². The summed E-state index contributed by atoms with van der Waals surface area (Å²) < 4.78 is 10.5. The van der Waals surface area contributed by atoms with Crippen molar-refractivity contribution in [2.24, 2.45) is 5.92 Å². The Morgan fingerprint density at radius 2 is 2.13 bits per heavy atom. The minimum Gasteiger partial charge on any atom is -0.469 e. The summed E-state index contributed by atoms with van der Waals surface area (Å²) in [6, 6.07) is 0. The van der Waals surface area contributed by atoms with Crippen molar-refractivity contribution < 1.29 is 14.3 Å². The molecule has 0 aromatic rings. The fraction of sp³-hybridized carbons (Fsp3) is 0.900. The van der Waals surface area contributed by atoms with E-state index in [2.05, 4.69) is 5.32 Å². The summed E-state index contributed by atoms with van der Waals surface area (Å²) in [5, 5.41) is 3.30. The molecule has 0 aromatic heterocycles. The predicted molar refractivity (Wildman–Crippen MR) is 58.2 cm³/mol. The van der Waals surface area contributed by atoms with E-state index in [9.17, 15) is 4.79 Å². The summed E-state index contributed by atoms with van der Waals surface area (Å²) in [5.74, 6) is -0.168. The van der Waals surface area contributed by atoms with Crippen molar-refractivity contribution in [1.29, 1.82) is 0 Å². The number of carbonyl (C=O) groups excluding carboxylic acids is 1. The Hall–Kier alpha value is -0.320. The lowest BCUT2D eigenvalue weighted by Crippen LogP contribution is -2.41. The van der Waals surface area contributed by atoms with Crippen LogP contribution in [0.25, 0.3) is 0 Å². The number of esters is 1. The van der Waals surface area contributed by atoms with Gasteiger partial charge in [0, 0.05) is 0 Å². The maximum atomic E-state index is 11.3. The second-order valence-electron chi connectivity index (χ2n) is 4.17. The second-order valence-corrected chi connectivity index (χ2v) is 4.17. The number of ether oxygens (including phenoxy) is 2. The summed E-state index contributed by atoms with van der Waals surface area (Å²) >= 11 is 0. The van der Waals surface area contributed by atoms with Crippen molar-refractivity contribution in [3.8, 4) is 0 Å². The Balaban J connectivity index is 0.00000112. The molecule has 0 saturated carbocycles. The third-order valence-corrected chi connectivity index (χ3v) is 3.26. The first-order valence-electron chi connectivity index (χ1n) is 5.18. The van der Waals surface area contributed by atoms with Crippen LogP contribution in [0.2, 0.25) is 0 Å². The van der Waals surface area contributed by atoms with Crippen LogP contribution in [0.4, 0.5) is 0 Å². The molecule has 2 fully saturated rings. The molecule has 2 aliphatic heterocycles. The number of hydrogen-bond acceptors (Lipinski definition) is 4. The van der Waals surface area contributed by atoms with E-state index < -0.39 is 0 Å². The summed E-state index contributed by atoms with van der Waals surface area (Å²) in [6.45, 7) is 2.52. The molecule has 0 aromatic carbocycles. The molecule has 2 heterocycles. The van der Waals surface area contributed by atoms with Crippen LogP contribution in [0.15, 0.2) is 0 Å². The average molecular weight is 236 g/mol. The third-order valence-electron chi connectivity index (χ3n) is 3.26. The van der Waals surface area contributed by atoms with Crippen LogP contribution < -0.4 is 5.32 Å². The van der Waals surface area contributed by atoms with Gasteiger partial charge in [-0.1, -0.05) is 0 Å². The quantitative estimate of drug-likeness (QED) is 0.681. The van der Waals surface area contributed by atoms with Gasteiger partial charge in [-0.3, -0.25) is 4.79 Å². The number of carbonyl (C=O) groups is 1. The van der Waals surface area contributed by atoms with E-state index in [0.29, 0.717) is 6.61 Å². The monoisotopic (exact) mass is 235 g/mol.